The molecule has 23 heavy (non-hydrogen) atoms. The van der Waals surface area contributed by atoms with Gasteiger partial charge in [0.05, 0.1) is 5.57 Å². The van der Waals surface area contributed by atoms with Gasteiger partial charge in [0.2, 0.25) is 5.91 Å². The van der Waals surface area contributed by atoms with Crippen molar-refractivity contribution >= 4 is 41.5 Å². The Hall–Kier alpha value is -1.77. The van der Waals surface area contributed by atoms with Crippen molar-refractivity contribution < 1.29 is 14.7 Å². The van der Waals surface area contributed by atoms with Crippen molar-refractivity contribution in [1.82, 2.24) is 9.88 Å². The molecule has 2 aliphatic heterocycles. The maximum absolute atomic E-state index is 11.6. The molecule has 6 nitrogen and oxygen atoms in total. The van der Waals surface area contributed by atoms with E-state index in [2.05, 4.69) is 4.98 Å². The monoisotopic (exact) mass is 349 g/mol. The van der Waals surface area contributed by atoms with Crippen LogP contribution in [0.4, 0.5) is 0 Å². The second-order valence-electron chi connectivity index (χ2n) is 5.10. The summed E-state index contributed by atoms with van der Waals surface area (Å²) in [5, 5.41) is 10.9. The Bertz CT molecular complexity index is 678. The Labute approximate surface area is 141 Å². The Morgan fingerprint density at radius 2 is 2.39 bits per heavy atom. The third-order valence-electron chi connectivity index (χ3n) is 3.59. The van der Waals surface area contributed by atoms with Gasteiger partial charge in [-0.25, -0.2) is 4.79 Å². The minimum atomic E-state index is -0.994. The number of carbonyl (C=O) groups excluding carboxylic acids is 1. The van der Waals surface area contributed by atoms with Gasteiger partial charge in [0.1, 0.15) is 11.4 Å². The number of aromatic nitrogens is 1. The second-order valence-corrected chi connectivity index (χ2v) is 7.36. The molecule has 1 saturated heterocycles. The lowest BCUT2D eigenvalue weighted by Crippen LogP contribution is -2.67. The van der Waals surface area contributed by atoms with E-state index in [1.807, 2.05) is 23.6 Å². The van der Waals surface area contributed by atoms with Crippen LogP contribution in [0.15, 0.2) is 41.7 Å². The zero-order valence-corrected chi connectivity index (χ0v) is 13.7. The van der Waals surface area contributed by atoms with Crippen LogP contribution in [0.5, 0.6) is 0 Å². The molecule has 0 aliphatic carbocycles. The zero-order chi connectivity index (χ0) is 16.4. The number of carbonyl (C=O) groups is 2. The summed E-state index contributed by atoms with van der Waals surface area (Å²) in [6.07, 6.45) is 6.83. The van der Waals surface area contributed by atoms with Crippen molar-refractivity contribution in [2.24, 2.45) is 5.73 Å². The van der Waals surface area contributed by atoms with E-state index in [1.165, 1.54) is 34.6 Å². The van der Waals surface area contributed by atoms with Gasteiger partial charge in [0.15, 0.2) is 0 Å². The Morgan fingerprint density at radius 3 is 3.09 bits per heavy atom. The molecule has 3 rings (SSSR count). The van der Waals surface area contributed by atoms with Gasteiger partial charge in [0.25, 0.3) is 0 Å². The van der Waals surface area contributed by atoms with E-state index in [0.717, 1.165) is 5.56 Å². The highest BCUT2D eigenvalue weighted by atomic mass is 32.2. The average Bonchev–Trinajstić information content (AvgIpc) is 2.58. The Morgan fingerprint density at radius 1 is 1.57 bits per heavy atom. The van der Waals surface area contributed by atoms with Crippen molar-refractivity contribution in [1.29, 1.82) is 0 Å². The van der Waals surface area contributed by atoms with Gasteiger partial charge in [-0.1, -0.05) is 6.07 Å². The quantitative estimate of drug-likeness (QED) is 0.775. The number of hydrogen-bond acceptors (Lipinski definition) is 6. The summed E-state index contributed by atoms with van der Waals surface area (Å²) in [5.74, 6) is -0.611. The summed E-state index contributed by atoms with van der Waals surface area (Å²) >= 11 is 2.97. The first-order valence-electron chi connectivity index (χ1n) is 6.94. The molecule has 0 aromatic carbocycles. The molecule has 1 amide bonds. The first-order valence-corrected chi connectivity index (χ1v) is 8.93. The fourth-order valence-electron chi connectivity index (χ4n) is 2.34. The minimum Gasteiger partial charge on any atom is -0.478 e. The summed E-state index contributed by atoms with van der Waals surface area (Å²) in [5.41, 5.74) is 7.01. The van der Waals surface area contributed by atoms with E-state index in [4.69, 9.17) is 5.73 Å². The molecular formula is C15H15N3O3S2. The lowest BCUT2D eigenvalue weighted by atomic mass is 10.1. The van der Waals surface area contributed by atoms with Gasteiger partial charge < -0.3 is 15.7 Å². The molecule has 3 atom stereocenters. The smallest absolute Gasteiger partial charge is 0.334 e. The van der Waals surface area contributed by atoms with Gasteiger partial charge in [0, 0.05) is 29.6 Å². The maximum Gasteiger partial charge on any atom is 0.334 e. The predicted molar refractivity (Wildman–Crippen MR) is 91.4 cm³/mol. The number of thioether (sulfide) groups is 2. The number of β-lactam (4-membered cyclic amide) rings is 1. The summed E-state index contributed by atoms with van der Waals surface area (Å²) in [7, 11) is 0. The average molecular weight is 349 g/mol. The number of carboxylic acids is 1. The largest absolute Gasteiger partial charge is 0.478 e. The SMILES string of the molecule is NC1C(=O)N2C=C(C(=O)O)C(CSC=Cc3cccnc3)S[C@H]12. The van der Waals surface area contributed by atoms with Gasteiger partial charge in [-0.15, -0.1) is 23.5 Å². The third-order valence-corrected chi connectivity index (χ3v) is 6.20. The van der Waals surface area contributed by atoms with Crippen molar-refractivity contribution in [3.8, 4) is 0 Å². The Kier molecular flexibility index (Phi) is 4.74. The van der Waals surface area contributed by atoms with Crippen LogP contribution in [0.2, 0.25) is 0 Å². The van der Waals surface area contributed by atoms with Crippen LogP contribution < -0.4 is 5.73 Å². The van der Waals surface area contributed by atoms with Crippen molar-refractivity contribution in [2.75, 3.05) is 5.75 Å². The van der Waals surface area contributed by atoms with Gasteiger partial charge in [-0.3, -0.25) is 9.78 Å². The molecule has 1 fully saturated rings. The first kappa shape index (κ1) is 16.1. The molecule has 2 aliphatic rings. The summed E-state index contributed by atoms with van der Waals surface area (Å²) < 4.78 is 0. The molecule has 0 spiro atoms. The van der Waals surface area contributed by atoms with Crippen LogP contribution in [0.25, 0.3) is 6.08 Å². The van der Waals surface area contributed by atoms with E-state index < -0.39 is 12.0 Å². The van der Waals surface area contributed by atoms with Gasteiger partial charge in [-0.05, 0) is 23.1 Å². The van der Waals surface area contributed by atoms with E-state index >= 15 is 0 Å². The molecule has 0 radical (unpaired) electrons. The van der Waals surface area contributed by atoms with Crippen LogP contribution in [0.1, 0.15) is 5.56 Å². The highest BCUT2D eigenvalue weighted by Crippen LogP contribution is 2.41. The summed E-state index contributed by atoms with van der Waals surface area (Å²) in [4.78, 5) is 28.5. The normalized spacial score (nSPS) is 26.7. The number of nitrogens with zero attached hydrogens (tertiary/aromatic N) is 2. The lowest BCUT2D eigenvalue weighted by Gasteiger charge is -2.47. The molecular weight excluding hydrogens is 334 g/mol. The molecule has 1 aromatic rings. The number of fused-ring (bicyclic) bond motifs is 1. The maximum atomic E-state index is 11.6. The molecule has 3 N–H and O–H groups in total. The summed E-state index contributed by atoms with van der Waals surface area (Å²) in [6, 6.07) is 3.26. The van der Waals surface area contributed by atoms with Crippen LogP contribution in [-0.2, 0) is 9.59 Å². The van der Waals surface area contributed by atoms with Crippen LogP contribution in [0, 0.1) is 0 Å². The van der Waals surface area contributed by atoms with E-state index in [9.17, 15) is 14.7 Å². The zero-order valence-electron chi connectivity index (χ0n) is 12.0. The predicted octanol–water partition coefficient (Wildman–Crippen LogP) is 1.36. The number of aliphatic carboxylic acids is 1. The van der Waals surface area contributed by atoms with E-state index in [0.29, 0.717) is 5.75 Å². The number of pyridine rings is 1. The van der Waals surface area contributed by atoms with E-state index in [-0.39, 0.29) is 22.1 Å². The summed E-state index contributed by atoms with van der Waals surface area (Å²) in [6.45, 7) is 0. The number of hydrogen-bond donors (Lipinski definition) is 2. The van der Waals surface area contributed by atoms with Crippen LogP contribution in [0.3, 0.4) is 0 Å². The molecule has 2 unspecified atom stereocenters. The first-order chi connectivity index (χ1) is 11.1. The van der Waals surface area contributed by atoms with Crippen LogP contribution >= 0.6 is 23.5 Å². The number of nitrogens with two attached hydrogens (primary N) is 1. The van der Waals surface area contributed by atoms with Crippen LogP contribution in [-0.4, -0.2) is 49.3 Å². The van der Waals surface area contributed by atoms with Gasteiger partial charge >= 0.3 is 5.97 Å². The third kappa shape index (κ3) is 3.29. The van der Waals surface area contributed by atoms with Gasteiger partial charge in [-0.2, -0.15) is 0 Å². The lowest BCUT2D eigenvalue weighted by molar-refractivity contribution is -0.140. The molecule has 8 heteroatoms. The minimum absolute atomic E-state index is 0.154. The fraction of sp³-hybridized carbons (Fsp3) is 0.267. The Balaban J connectivity index is 1.63. The standard InChI is InChI=1S/C15H15N3O3S2/c16-12-13(19)18-7-10(15(20)21)11(23-14(12)18)8-22-5-3-9-2-1-4-17-6-9/h1-7,11-12,14H,8,16H2,(H,20,21)/t11?,12?,14-/m1/s1. The molecule has 3 heterocycles. The molecule has 1 aromatic heterocycles. The number of rotatable bonds is 5. The molecule has 0 saturated carbocycles. The van der Waals surface area contributed by atoms with E-state index in [1.54, 1.807) is 12.4 Å². The van der Waals surface area contributed by atoms with Crippen molar-refractivity contribution in [3.05, 3.63) is 47.3 Å². The molecule has 0 bridgehead atoms. The van der Waals surface area contributed by atoms with Crippen molar-refractivity contribution in [3.63, 3.8) is 0 Å². The van der Waals surface area contributed by atoms with Crippen molar-refractivity contribution in [2.45, 2.75) is 16.7 Å². The fourth-order valence-corrected chi connectivity index (χ4v) is 4.83. The number of amides is 1. The second kappa shape index (κ2) is 6.77. The topological polar surface area (TPSA) is 96.5 Å². The molecule has 120 valence electrons. The number of carboxylic acid groups (broad SMARTS) is 1. The highest BCUT2D eigenvalue weighted by Gasteiger charge is 2.49. The highest BCUT2D eigenvalue weighted by molar-refractivity contribution is 8.05.